The van der Waals surface area contributed by atoms with Crippen molar-refractivity contribution in [3.05, 3.63) is 41.5 Å². The molecule has 2 aromatic rings. The summed E-state index contributed by atoms with van der Waals surface area (Å²) in [6.07, 6.45) is 1.88. The van der Waals surface area contributed by atoms with Gasteiger partial charge in [0, 0.05) is 26.6 Å². The molecule has 1 aliphatic heterocycles. The highest BCUT2D eigenvalue weighted by atomic mass is 16.5. The highest BCUT2D eigenvalue weighted by Gasteiger charge is 2.22. The van der Waals surface area contributed by atoms with Crippen molar-refractivity contribution in [3.8, 4) is 5.75 Å². The molecule has 0 aliphatic carbocycles. The second-order valence-corrected chi connectivity index (χ2v) is 7.48. The number of benzene rings is 1. The maximum atomic E-state index is 5.98. The van der Waals surface area contributed by atoms with E-state index < -0.39 is 0 Å². The van der Waals surface area contributed by atoms with Gasteiger partial charge in [0.2, 0.25) is 0 Å². The third kappa shape index (κ3) is 5.69. The van der Waals surface area contributed by atoms with Crippen molar-refractivity contribution in [2.75, 3.05) is 27.3 Å². The number of para-hydroxylation sites is 1. The normalized spacial score (nSPS) is 16.6. The topological polar surface area (TPSA) is 85.6 Å². The fraction of sp³-hybridized carbons (Fsp3) is 0.571. The maximum absolute atomic E-state index is 5.98. The molecule has 29 heavy (non-hydrogen) atoms. The predicted octanol–water partition coefficient (Wildman–Crippen LogP) is 2.11. The molecule has 0 saturated carbocycles. The average Bonchev–Trinajstić information content (AvgIpc) is 3.12. The lowest BCUT2D eigenvalue weighted by molar-refractivity contribution is 0.177. The van der Waals surface area contributed by atoms with E-state index in [1.165, 1.54) is 5.56 Å². The molecular formula is C21H32N6O2. The molecule has 0 radical (unpaired) electrons. The number of rotatable bonds is 8. The zero-order valence-electron chi connectivity index (χ0n) is 17.8. The minimum atomic E-state index is 0.258. The number of hydrogen-bond acceptors (Lipinski definition) is 5. The Balaban J connectivity index is 1.45. The monoisotopic (exact) mass is 400 g/mol. The first kappa shape index (κ1) is 21.1. The van der Waals surface area contributed by atoms with Crippen LogP contribution in [-0.2, 0) is 24.3 Å². The highest BCUT2D eigenvalue weighted by molar-refractivity contribution is 5.79. The van der Waals surface area contributed by atoms with Gasteiger partial charge in [-0.2, -0.15) is 5.10 Å². The summed E-state index contributed by atoms with van der Waals surface area (Å²) in [5.74, 6) is 3.92. The minimum absolute atomic E-state index is 0.258. The van der Waals surface area contributed by atoms with Gasteiger partial charge in [-0.3, -0.25) is 4.99 Å². The lowest BCUT2D eigenvalue weighted by Crippen LogP contribution is -2.47. The summed E-state index contributed by atoms with van der Waals surface area (Å²) in [6, 6.07) is 8.46. The molecule has 8 heteroatoms. The first-order chi connectivity index (χ1) is 14.1. The van der Waals surface area contributed by atoms with Gasteiger partial charge in [-0.15, -0.1) is 0 Å². The fourth-order valence-corrected chi connectivity index (χ4v) is 3.48. The van der Waals surface area contributed by atoms with Crippen molar-refractivity contribution >= 4 is 5.96 Å². The molecule has 158 valence electrons. The van der Waals surface area contributed by atoms with E-state index in [1.54, 1.807) is 14.2 Å². The molecule has 1 atom stereocenters. The second-order valence-electron chi connectivity index (χ2n) is 7.48. The number of aryl methyl sites for hydroxylation is 1. The third-order valence-corrected chi connectivity index (χ3v) is 4.93. The molecule has 2 N–H and O–H groups in total. The van der Waals surface area contributed by atoms with Crippen molar-refractivity contribution in [1.82, 2.24) is 25.4 Å². The zero-order valence-corrected chi connectivity index (χ0v) is 17.8. The molecule has 2 heterocycles. The van der Waals surface area contributed by atoms with E-state index in [4.69, 9.17) is 9.47 Å². The fourth-order valence-electron chi connectivity index (χ4n) is 3.48. The van der Waals surface area contributed by atoms with Crippen LogP contribution in [0.5, 0.6) is 5.75 Å². The van der Waals surface area contributed by atoms with E-state index in [1.807, 2.05) is 16.8 Å². The quantitative estimate of drug-likeness (QED) is 0.401. The number of guanidine groups is 1. The molecule has 0 fully saturated rings. The number of nitrogens with zero attached hydrogens (tertiary/aromatic N) is 4. The van der Waals surface area contributed by atoms with Gasteiger partial charge in [-0.05, 0) is 24.0 Å². The number of fused-ring (bicyclic) bond motifs is 1. The Labute approximate surface area is 172 Å². The molecule has 0 saturated heterocycles. The molecule has 0 bridgehead atoms. The summed E-state index contributed by atoms with van der Waals surface area (Å²) in [5.41, 5.74) is 1.23. The summed E-state index contributed by atoms with van der Waals surface area (Å²) < 4.78 is 13.1. The van der Waals surface area contributed by atoms with Crippen LogP contribution in [0.1, 0.15) is 43.4 Å². The van der Waals surface area contributed by atoms with Crippen LogP contribution in [0.15, 0.2) is 29.3 Å². The SMILES string of the molecule is CN=C(NCCOc1ccccc1C(C)C)NC1CCc2nc(COC)nn2C1. The summed E-state index contributed by atoms with van der Waals surface area (Å²) >= 11 is 0. The Morgan fingerprint density at radius 3 is 2.93 bits per heavy atom. The van der Waals surface area contributed by atoms with Crippen LogP contribution in [0.2, 0.25) is 0 Å². The number of methoxy groups -OCH3 is 1. The molecule has 3 rings (SSSR count). The van der Waals surface area contributed by atoms with Crippen LogP contribution in [0.3, 0.4) is 0 Å². The summed E-state index contributed by atoms with van der Waals surface area (Å²) in [6.45, 7) is 6.81. The Bertz CT molecular complexity index is 817. The highest BCUT2D eigenvalue weighted by Crippen LogP contribution is 2.25. The van der Waals surface area contributed by atoms with Crippen LogP contribution < -0.4 is 15.4 Å². The zero-order chi connectivity index (χ0) is 20.6. The van der Waals surface area contributed by atoms with E-state index in [0.29, 0.717) is 25.7 Å². The van der Waals surface area contributed by atoms with Crippen molar-refractivity contribution in [2.45, 2.75) is 51.8 Å². The summed E-state index contributed by atoms with van der Waals surface area (Å²) in [7, 11) is 3.44. The Morgan fingerprint density at radius 1 is 1.34 bits per heavy atom. The largest absolute Gasteiger partial charge is 0.491 e. The van der Waals surface area contributed by atoms with Gasteiger partial charge in [-0.1, -0.05) is 32.0 Å². The third-order valence-electron chi connectivity index (χ3n) is 4.93. The predicted molar refractivity (Wildman–Crippen MR) is 113 cm³/mol. The van der Waals surface area contributed by atoms with E-state index in [9.17, 15) is 0 Å². The molecular weight excluding hydrogens is 368 g/mol. The first-order valence-electron chi connectivity index (χ1n) is 10.2. The van der Waals surface area contributed by atoms with Crippen molar-refractivity contribution in [1.29, 1.82) is 0 Å². The van der Waals surface area contributed by atoms with Gasteiger partial charge in [0.05, 0.1) is 13.1 Å². The lowest BCUT2D eigenvalue weighted by atomic mass is 10.0. The van der Waals surface area contributed by atoms with Crippen molar-refractivity contribution < 1.29 is 9.47 Å². The Morgan fingerprint density at radius 2 is 2.17 bits per heavy atom. The molecule has 0 spiro atoms. The van der Waals surface area contributed by atoms with Crippen LogP contribution in [-0.4, -0.2) is 54.1 Å². The van der Waals surface area contributed by atoms with Crippen molar-refractivity contribution in [3.63, 3.8) is 0 Å². The molecule has 1 aromatic carbocycles. The Hall–Kier alpha value is -2.61. The van der Waals surface area contributed by atoms with Crippen LogP contribution in [0.4, 0.5) is 0 Å². The number of aromatic nitrogens is 3. The summed E-state index contributed by atoms with van der Waals surface area (Å²) in [4.78, 5) is 8.86. The van der Waals surface area contributed by atoms with Gasteiger partial charge in [0.25, 0.3) is 0 Å². The van der Waals surface area contributed by atoms with Gasteiger partial charge >= 0.3 is 0 Å². The average molecular weight is 401 g/mol. The number of nitrogens with one attached hydrogen (secondary N) is 2. The number of aliphatic imine (C=N–C) groups is 1. The molecule has 1 aromatic heterocycles. The van der Waals surface area contributed by atoms with Crippen molar-refractivity contribution in [2.24, 2.45) is 4.99 Å². The Kier molecular flexibility index (Phi) is 7.46. The summed E-state index contributed by atoms with van der Waals surface area (Å²) in [5, 5.41) is 11.3. The van der Waals surface area contributed by atoms with Gasteiger partial charge < -0.3 is 20.1 Å². The lowest BCUT2D eigenvalue weighted by Gasteiger charge is -2.25. The van der Waals surface area contributed by atoms with Crippen LogP contribution in [0, 0.1) is 0 Å². The van der Waals surface area contributed by atoms with E-state index in [0.717, 1.165) is 42.7 Å². The first-order valence-corrected chi connectivity index (χ1v) is 10.2. The minimum Gasteiger partial charge on any atom is -0.491 e. The number of hydrogen-bond donors (Lipinski definition) is 2. The smallest absolute Gasteiger partial charge is 0.191 e. The van der Waals surface area contributed by atoms with E-state index in [-0.39, 0.29) is 6.04 Å². The molecule has 1 aliphatic rings. The molecule has 0 amide bonds. The second kappa shape index (κ2) is 10.2. The van der Waals surface area contributed by atoms with Gasteiger partial charge in [0.1, 0.15) is 24.8 Å². The van der Waals surface area contributed by atoms with Crippen LogP contribution in [0.25, 0.3) is 0 Å². The van der Waals surface area contributed by atoms with Gasteiger partial charge in [0.15, 0.2) is 11.8 Å². The molecule has 8 nitrogen and oxygen atoms in total. The van der Waals surface area contributed by atoms with Crippen LogP contribution >= 0.6 is 0 Å². The van der Waals surface area contributed by atoms with E-state index in [2.05, 4.69) is 51.7 Å². The molecule has 1 unspecified atom stereocenters. The standard InChI is InChI=1S/C21H32N6O2/c1-15(2)17-7-5-6-8-18(17)29-12-11-23-21(22-3)24-16-9-10-20-25-19(14-28-4)26-27(20)13-16/h5-8,15-16H,9-14H2,1-4H3,(H2,22,23,24). The van der Waals surface area contributed by atoms with E-state index >= 15 is 0 Å². The maximum Gasteiger partial charge on any atom is 0.191 e. The van der Waals surface area contributed by atoms with Gasteiger partial charge in [-0.25, -0.2) is 9.67 Å². The number of ether oxygens (including phenoxy) is 2.